The van der Waals surface area contributed by atoms with Crippen LogP contribution in [0.15, 0.2) is 55.8 Å². The number of ketones is 1. The summed E-state index contributed by atoms with van der Waals surface area (Å²) in [5, 5.41) is 0.716. The molecular weight excluding hydrogens is 400 g/mol. The molecule has 0 atom stereocenters. The van der Waals surface area contributed by atoms with E-state index in [1.165, 1.54) is 6.07 Å². The van der Waals surface area contributed by atoms with Gasteiger partial charge in [0.25, 0.3) is 0 Å². The van der Waals surface area contributed by atoms with Crippen molar-refractivity contribution in [1.29, 1.82) is 0 Å². The van der Waals surface area contributed by atoms with Gasteiger partial charge < -0.3 is 13.9 Å². The highest BCUT2D eigenvalue weighted by Crippen LogP contribution is 2.38. The minimum absolute atomic E-state index is 0.175. The molecule has 0 aliphatic carbocycles. The number of hydrogen-bond acceptors (Lipinski definition) is 5. The van der Waals surface area contributed by atoms with Gasteiger partial charge in [-0.15, -0.1) is 0 Å². The number of carbonyl (C=O) groups is 1. The third kappa shape index (κ3) is 2.63. The van der Waals surface area contributed by atoms with Crippen LogP contribution in [0.25, 0.3) is 17.0 Å². The first-order chi connectivity index (χ1) is 12.5. The lowest BCUT2D eigenvalue weighted by Crippen LogP contribution is -2.02. The van der Waals surface area contributed by atoms with Crippen molar-refractivity contribution >= 4 is 38.8 Å². The molecule has 3 aromatic rings. The number of hydrogen-bond donors (Lipinski definition) is 0. The van der Waals surface area contributed by atoms with E-state index < -0.39 is 5.63 Å². The van der Waals surface area contributed by atoms with Gasteiger partial charge in [0.2, 0.25) is 5.78 Å². The maximum absolute atomic E-state index is 12.9. The zero-order valence-electron chi connectivity index (χ0n) is 14.0. The Kier molecular flexibility index (Phi) is 3.92. The number of carbonyl (C=O) groups excluding carboxylic acids is 1. The third-order valence-corrected chi connectivity index (χ3v) is 4.85. The van der Waals surface area contributed by atoms with Crippen LogP contribution in [0.4, 0.5) is 0 Å². The van der Waals surface area contributed by atoms with E-state index in [-0.39, 0.29) is 22.7 Å². The van der Waals surface area contributed by atoms with Crippen LogP contribution >= 0.6 is 15.9 Å². The van der Waals surface area contributed by atoms with Gasteiger partial charge in [0.15, 0.2) is 11.3 Å². The summed E-state index contributed by atoms with van der Waals surface area (Å²) < 4.78 is 17.0. The first-order valence-electron chi connectivity index (χ1n) is 7.83. The number of halogens is 1. The quantitative estimate of drug-likeness (QED) is 0.458. The Hall–Kier alpha value is -2.86. The van der Waals surface area contributed by atoms with Gasteiger partial charge in [0, 0.05) is 11.5 Å². The predicted octanol–water partition coefficient (Wildman–Crippen LogP) is 4.49. The Balaban J connectivity index is 1.83. The molecule has 0 radical (unpaired) electrons. The number of benzene rings is 2. The van der Waals surface area contributed by atoms with Crippen molar-refractivity contribution in [1.82, 2.24) is 0 Å². The van der Waals surface area contributed by atoms with E-state index in [1.807, 2.05) is 12.1 Å². The molecule has 0 fully saturated rings. The molecule has 0 saturated heterocycles. The van der Waals surface area contributed by atoms with Crippen LogP contribution in [0.2, 0.25) is 0 Å². The van der Waals surface area contributed by atoms with Gasteiger partial charge in [0.1, 0.15) is 17.1 Å². The molecule has 1 aliphatic rings. The van der Waals surface area contributed by atoms with Crippen molar-refractivity contribution in [3.63, 3.8) is 0 Å². The third-order valence-electron chi connectivity index (χ3n) is 4.23. The smallest absolute Gasteiger partial charge is 0.336 e. The monoisotopic (exact) mass is 412 g/mol. The normalized spacial score (nSPS) is 14.6. The molecule has 1 aliphatic heterocycles. The number of ether oxygens (including phenoxy) is 2. The molecule has 26 heavy (non-hydrogen) atoms. The summed E-state index contributed by atoms with van der Waals surface area (Å²) in [7, 11) is 1.58. The summed E-state index contributed by atoms with van der Waals surface area (Å²) in [4.78, 5) is 24.6. The summed E-state index contributed by atoms with van der Waals surface area (Å²) in [6, 6.07) is 10.3. The number of allylic oxidation sites excluding steroid dienone is 1. The second kappa shape index (κ2) is 6.14. The molecule has 4 rings (SSSR count). The number of fused-ring (bicyclic) bond motifs is 3. The molecule has 1 aromatic heterocycles. The van der Waals surface area contributed by atoms with E-state index in [0.29, 0.717) is 16.9 Å². The SMILES string of the molecule is COc1ccc(/C=C2\Oc3ccc4c(C)cc(=O)oc4c3C2=O)cc1Br. The average molecular weight is 413 g/mol. The lowest BCUT2D eigenvalue weighted by molar-refractivity contribution is 0.101. The molecule has 5 nitrogen and oxygen atoms in total. The van der Waals surface area contributed by atoms with Crippen molar-refractivity contribution in [3.8, 4) is 11.5 Å². The standard InChI is InChI=1S/C20H13BrO5/c1-10-7-17(22)26-20-12(10)4-6-15-18(20)19(23)16(25-15)9-11-3-5-14(24-2)13(21)8-11/h3-9H,1-2H3/b16-9-. The predicted molar refractivity (Wildman–Crippen MR) is 101 cm³/mol. The zero-order chi connectivity index (χ0) is 18.4. The van der Waals surface area contributed by atoms with Crippen LogP contribution in [0.5, 0.6) is 11.5 Å². The van der Waals surface area contributed by atoms with E-state index in [1.54, 1.807) is 38.3 Å². The Morgan fingerprint density at radius 2 is 1.92 bits per heavy atom. The molecule has 0 unspecified atom stereocenters. The van der Waals surface area contributed by atoms with Crippen molar-refractivity contribution in [3.05, 3.63) is 73.7 Å². The van der Waals surface area contributed by atoms with Gasteiger partial charge in [-0.2, -0.15) is 0 Å². The lowest BCUT2D eigenvalue weighted by atomic mass is 10.0. The highest BCUT2D eigenvalue weighted by Gasteiger charge is 2.31. The summed E-state index contributed by atoms with van der Waals surface area (Å²) in [6.45, 7) is 1.80. The molecule has 0 spiro atoms. The van der Waals surface area contributed by atoms with Crippen LogP contribution in [-0.2, 0) is 0 Å². The van der Waals surface area contributed by atoms with Gasteiger partial charge in [-0.3, -0.25) is 4.79 Å². The molecule has 2 aromatic carbocycles. The molecule has 2 heterocycles. The van der Waals surface area contributed by atoms with Crippen LogP contribution in [0, 0.1) is 6.92 Å². The Bertz CT molecular complexity index is 1160. The van der Waals surface area contributed by atoms with Crippen molar-refractivity contribution in [2.45, 2.75) is 6.92 Å². The maximum atomic E-state index is 12.9. The molecule has 0 amide bonds. The van der Waals surface area contributed by atoms with Gasteiger partial charge in [0.05, 0.1) is 11.6 Å². The summed E-state index contributed by atoms with van der Waals surface area (Å²) >= 11 is 3.42. The van der Waals surface area contributed by atoms with Crippen molar-refractivity contribution in [2.24, 2.45) is 0 Å². The Morgan fingerprint density at radius 3 is 2.65 bits per heavy atom. The van der Waals surface area contributed by atoms with E-state index in [4.69, 9.17) is 13.9 Å². The van der Waals surface area contributed by atoms with Crippen LogP contribution < -0.4 is 15.1 Å². The number of aryl methyl sites for hydroxylation is 1. The van der Waals surface area contributed by atoms with Crippen LogP contribution in [0.1, 0.15) is 21.5 Å². The summed E-state index contributed by atoms with van der Waals surface area (Å²) in [5.41, 5.74) is 1.57. The van der Waals surface area contributed by atoms with Crippen molar-refractivity contribution in [2.75, 3.05) is 7.11 Å². The largest absolute Gasteiger partial charge is 0.496 e. The number of Topliss-reactive ketones (excluding diaryl/α,β-unsaturated/α-hetero) is 1. The molecule has 0 N–H and O–H groups in total. The van der Waals surface area contributed by atoms with Crippen LogP contribution in [0.3, 0.4) is 0 Å². The Labute approximate surface area is 157 Å². The minimum atomic E-state index is -0.493. The van der Waals surface area contributed by atoms with Crippen molar-refractivity contribution < 1.29 is 18.7 Å². The van der Waals surface area contributed by atoms with Gasteiger partial charge in [-0.05, 0) is 64.3 Å². The van der Waals surface area contributed by atoms with Crippen LogP contribution in [-0.4, -0.2) is 12.9 Å². The molecule has 0 bridgehead atoms. The minimum Gasteiger partial charge on any atom is -0.496 e. The number of rotatable bonds is 2. The first kappa shape index (κ1) is 16.6. The maximum Gasteiger partial charge on any atom is 0.336 e. The zero-order valence-corrected chi connectivity index (χ0v) is 15.5. The fraction of sp³-hybridized carbons (Fsp3) is 0.100. The molecular formula is C20H13BrO5. The fourth-order valence-electron chi connectivity index (χ4n) is 2.97. The summed E-state index contributed by atoms with van der Waals surface area (Å²) in [5.74, 6) is 0.937. The Morgan fingerprint density at radius 1 is 1.12 bits per heavy atom. The second-order valence-corrected chi connectivity index (χ2v) is 6.75. The fourth-order valence-corrected chi connectivity index (χ4v) is 3.53. The highest BCUT2D eigenvalue weighted by atomic mass is 79.9. The van der Waals surface area contributed by atoms with E-state index in [9.17, 15) is 9.59 Å². The van der Waals surface area contributed by atoms with E-state index in [2.05, 4.69) is 15.9 Å². The molecule has 130 valence electrons. The highest BCUT2D eigenvalue weighted by molar-refractivity contribution is 9.10. The van der Waals surface area contributed by atoms with Gasteiger partial charge in [-0.25, -0.2) is 4.79 Å². The van der Waals surface area contributed by atoms with E-state index >= 15 is 0 Å². The van der Waals surface area contributed by atoms with E-state index in [0.717, 1.165) is 15.6 Å². The molecule has 6 heteroatoms. The molecule has 0 saturated carbocycles. The first-order valence-corrected chi connectivity index (χ1v) is 8.62. The van der Waals surface area contributed by atoms with Gasteiger partial charge in [-0.1, -0.05) is 6.07 Å². The lowest BCUT2D eigenvalue weighted by Gasteiger charge is -2.04. The summed E-state index contributed by atoms with van der Waals surface area (Å²) in [6.07, 6.45) is 1.65. The number of methoxy groups -OCH3 is 1. The van der Waals surface area contributed by atoms with Gasteiger partial charge >= 0.3 is 5.63 Å². The average Bonchev–Trinajstić information content (AvgIpc) is 2.91. The topological polar surface area (TPSA) is 65.7 Å². The second-order valence-electron chi connectivity index (χ2n) is 5.90.